The lowest BCUT2D eigenvalue weighted by Crippen LogP contribution is -2.27. The Labute approximate surface area is 105 Å². The number of aromatic nitrogens is 1. The summed E-state index contributed by atoms with van der Waals surface area (Å²) in [6.45, 7) is 0. The topological polar surface area (TPSA) is 88.5 Å². The molecule has 1 fully saturated rings. The number of carbonyl (C=O) groups excluding carboxylic acids is 1. The average Bonchev–Trinajstić information content (AvgIpc) is 2.71. The van der Waals surface area contributed by atoms with Gasteiger partial charge in [-0.2, -0.15) is 5.10 Å². The molecule has 6 nitrogen and oxygen atoms in total. The molecule has 18 heavy (non-hydrogen) atoms. The molecule has 1 aliphatic rings. The van der Waals surface area contributed by atoms with Gasteiger partial charge < -0.3 is 0 Å². The molecule has 0 aromatic carbocycles. The molecule has 0 spiro atoms. The lowest BCUT2D eigenvalue weighted by molar-refractivity contribution is -0.124. The molecule has 0 bridgehead atoms. The number of amides is 1. The number of sulfone groups is 1. The summed E-state index contributed by atoms with van der Waals surface area (Å²) in [6, 6.07) is 3.49. The van der Waals surface area contributed by atoms with E-state index < -0.39 is 15.8 Å². The lowest BCUT2D eigenvalue weighted by Gasteiger charge is -2.04. The second-order valence-electron chi connectivity index (χ2n) is 4.11. The van der Waals surface area contributed by atoms with Gasteiger partial charge in [-0.15, -0.1) is 0 Å². The Balaban J connectivity index is 1.88. The Kier molecular flexibility index (Phi) is 3.71. The minimum Gasteiger partial charge on any atom is -0.273 e. The van der Waals surface area contributed by atoms with Crippen LogP contribution in [-0.2, 0) is 14.6 Å². The first-order chi connectivity index (χ1) is 8.57. The number of nitrogens with zero attached hydrogens (tertiary/aromatic N) is 2. The van der Waals surface area contributed by atoms with Crippen LogP contribution < -0.4 is 5.43 Å². The fourth-order valence-corrected chi connectivity index (χ4v) is 3.45. The van der Waals surface area contributed by atoms with Crippen molar-refractivity contribution in [2.24, 2.45) is 11.0 Å². The minimum absolute atomic E-state index is 0.0798. The molecule has 2 rings (SSSR count). The monoisotopic (exact) mass is 267 g/mol. The van der Waals surface area contributed by atoms with E-state index in [4.69, 9.17) is 0 Å². The van der Waals surface area contributed by atoms with Gasteiger partial charge in [-0.05, 0) is 24.1 Å². The molecule has 1 aromatic heterocycles. The molecule has 7 heteroatoms. The summed E-state index contributed by atoms with van der Waals surface area (Å²) in [5.41, 5.74) is 3.17. The molecule has 1 aromatic rings. The third kappa shape index (κ3) is 3.36. The van der Waals surface area contributed by atoms with Crippen molar-refractivity contribution in [1.29, 1.82) is 0 Å². The molecule has 2 heterocycles. The van der Waals surface area contributed by atoms with Crippen LogP contribution in [0.2, 0.25) is 0 Å². The summed E-state index contributed by atoms with van der Waals surface area (Å²) in [6.07, 6.45) is 5.10. The van der Waals surface area contributed by atoms with Gasteiger partial charge in [-0.1, -0.05) is 0 Å². The second kappa shape index (κ2) is 5.26. The molecule has 1 N–H and O–H groups in total. The Morgan fingerprint density at radius 3 is 2.78 bits per heavy atom. The van der Waals surface area contributed by atoms with Crippen molar-refractivity contribution in [2.45, 2.75) is 6.42 Å². The Hall–Kier alpha value is -1.76. The van der Waals surface area contributed by atoms with Gasteiger partial charge in [0.15, 0.2) is 9.84 Å². The number of pyridine rings is 1. The molecular formula is C11H13N3O3S. The predicted octanol–water partition coefficient (Wildman–Crippen LogP) is -0.0336. The summed E-state index contributed by atoms with van der Waals surface area (Å²) in [5.74, 6) is -0.825. The second-order valence-corrected chi connectivity index (χ2v) is 6.34. The zero-order valence-corrected chi connectivity index (χ0v) is 10.4. The number of carbonyl (C=O) groups is 1. The van der Waals surface area contributed by atoms with E-state index in [0.717, 1.165) is 5.56 Å². The number of nitrogens with one attached hydrogen (secondary N) is 1. The minimum atomic E-state index is -3.04. The van der Waals surface area contributed by atoms with E-state index in [1.165, 1.54) is 6.21 Å². The van der Waals surface area contributed by atoms with Crippen LogP contribution in [0, 0.1) is 5.92 Å². The summed E-state index contributed by atoms with van der Waals surface area (Å²) in [5, 5.41) is 3.79. The van der Waals surface area contributed by atoms with E-state index in [1.54, 1.807) is 24.5 Å². The molecule has 96 valence electrons. The van der Waals surface area contributed by atoms with Crippen LogP contribution in [0.5, 0.6) is 0 Å². The SMILES string of the molecule is O=C(N/N=C\c1ccncc1)[C@@H]1CCS(=O)(=O)C1. The van der Waals surface area contributed by atoms with E-state index in [1.807, 2.05) is 0 Å². The van der Waals surface area contributed by atoms with Crippen LogP contribution in [0.25, 0.3) is 0 Å². The number of hydrazone groups is 1. The van der Waals surface area contributed by atoms with Crippen molar-refractivity contribution in [3.8, 4) is 0 Å². The van der Waals surface area contributed by atoms with Gasteiger partial charge in [0, 0.05) is 12.4 Å². The molecule has 0 unspecified atom stereocenters. The van der Waals surface area contributed by atoms with Gasteiger partial charge in [-0.3, -0.25) is 9.78 Å². The molecule has 1 saturated heterocycles. The van der Waals surface area contributed by atoms with Crippen LogP contribution in [0.1, 0.15) is 12.0 Å². The predicted molar refractivity (Wildman–Crippen MR) is 66.7 cm³/mol. The average molecular weight is 267 g/mol. The number of hydrogen-bond donors (Lipinski definition) is 1. The van der Waals surface area contributed by atoms with E-state index in [9.17, 15) is 13.2 Å². The molecule has 0 aliphatic carbocycles. The lowest BCUT2D eigenvalue weighted by atomic mass is 10.1. The zero-order valence-electron chi connectivity index (χ0n) is 9.61. The molecule has 1 aliphatic heterocycles. The fourth-order valence-electron chi connectivity index (χ4n) is 1.71. The van der Waals surface area contributed by atoms with E-state index in [-0.39, 0.29) is 17.4 Å². The number of hydrogen-bond acceptors (Lipinski definition) is 5. The van der Waals surface area contributed by atoms with Crippen LogP contribution in [0.3, 0.4) is 0 Å². The maximum Gasteiger partial charge on any atom is 0.244 e. The first kappa shape index (κ1) is 12.7. The quantitative estimate of drug-likeness (QED) is 0.615. The van der Waals surface area contributed by atoms with E-state index in [0.29, 0.717) is 6.42 Å². The summed E-state index contributed by atoms with van der Waals surface area (Å²) in [7, 11) is -3.04. The normalized spacial score (nSPS) is 22.1. The van der Waals surface area contributed by atoms with Crippen molar-refractivity contribution in [1.82, 2.24) is 10.4 Å². The van der Waals surface area contributed by atoms with Crippen LogP contribution in [0.15, 0.2) is 29.6 Å². The van der Waals surface area contributed by atoms with Gasteiger partial charge in [0.1, 0.15) is 0 Å². The van der Waals surface area contributed by atoms with Crippen molar-refractivity contribution in [2.75, 3.05) is 11.5 Å². The van der Waals surface area contributed by atoms with Crippen LogP contribution in [0.4, 0.5) is 0 Å². The van der Waals surface area contributed by atoms with Crippen molar-refractivity contribution in [3.63, 3.8) is 0 Å². The van der Waals surface area contributed by atoms with Crippen LogP contribution >= 0.6 is 0 Å². The maximum absolute atomic E-state index is 11.6. The highest BCUT2D eigenvalue weighted by molar-refractivity contribution is 7.91. The Morgan fingerprint density at radius 2 is 2.17 bits per heavy atom. The molecular weight excluding hydrogens is 254 g/mol. The van der Waals surface area contributed by atoms with Gasteiger partial charge in [0.05, 0.1) is 23.6 Å². The van der Waals surface area contributed by atoms with E-state index in [2.05, 4.69) is 15.5 Å². The smallest absolute Gasteiger partial charge is 0.244 e. The Morgan fingerprint density at radius 1 is 1.44 bits per heavy atom. The molecule has 1 amide bonds. The summed E-state index contributed by atoms with van der Waals surface area (Å²) >= 11 is 0. The first-order valence-electron chi connectivity index (χ1n) is 5.50. The van der Waals surface area contributed by atoms with Gasteiger partial charge in [0.2, 0.25) is 5.91 Å². The van der Waals surface area contributed by atoms with Crippen LogP contribution in [-0.4, -0.2) is 37.0 Å². The van der Waals surface area contributed by atoms with Crippen molar-refractivity contribution >= 4 is 22.0 Å². The summed E-state index contributed by atoms with van der Waals surface area (Å²) < 4.78 is 22.4. The number of rotatable bonds is 3. The standard InChI is InChI=1S/C11H13N3O3S/c15-11(10-3-6-18(16,17)8-10)14-13-7-9-1-4-12-5-2-9/h1-2,4-5,7,10H,3,6,8H2,(H,14,15)/b13-7-/t10-/m1/s1. The highest BCUT2D eigenvalue weighted by Gasteiger charge is 2.32. The van der Waals surface area contributed by atoms with Crippen molar-refractivity contribution < 1.29 is 13.2 Å². The molecule has 0 saturated carbocycles. The fraction of sp³-hybridized carbons (Fsp3) is 0.364. The molecule has 0 radical (unpaired) electrons. The highest BCUT2D eigenvalue weighted by Crippen LogP contribution is 2.18. The maximum atomic E-state index is 11.6. The third-order valence-electron chi connectivity index (χ3n) is 2.70. The van der Waals surface area contributed by atoms with Gasteiger partial charge >= 0.3 is 0 Å². The first-order valence-corrected chi connectivity index (χ1v) is 7.32. The summed E-state index contributed by atoms with van der Waals surface area (Å²) in [4.78, 5) is 15.5. The van der Waals surface area contributed by atoms with E-state index >= 15 is 0 Å². The van der Waals surface area contributed by atoms with Gasteiger partial charge in [0.25, 0.3) is 0 Å². The highest BCUT2D eigenvalue weighted by atomic mass is 32.2. The molecule has 1 atom stereocenters. The third-order valence-corrected chi connectivity index (χ3v) is 4.47. The van der Waals surface area contributed by atoms with Gasteiger partial charge in [-0.25, -0.2) is 13.8 Å². The largest absolute Gasteiger partial charge is 0.273 e. The van der Waals surface area contributed by atoms with Crippen molar-refractivity contribution in [3.05, 3.63) is 30.1 Å². The zero-order chi connectivity index (χ0) is 13.0. The Bertz CT molecular complexity index is 554.